The molecule has 162 valence electrons. The molecular weight excluding hydrogens is 432 g/mol. The Bertz CT molecular complexity index is 1190. The molecule has 8 heteroatoms. The number of nitrogens with zero attached hydrogens (tertiary/aromatic N) is 4. The van der Waals surface area contributed by atoms with E-state index >= 15 is 0 Å². The second-order valence-corrected chi connectivity index (χ2v) is 9.72. The van der Waals surface area contributed by atoms with Crippen LogP contribution in [0.3, 0.4) is 0 Å². The van der Waals surface area contributed by atoms with Crippen molar-refractivity contribution in [3.63, 3.8) is 0 Å². The normalized spacial score (nSPS) is 17.0. The number of rotatable bonds is 2. The fourth-order valence-corrected chi connectivity index (χ4v) is 5.86. The third-order valence-electron chi connectivity index (χ3n) is 6.36. The van der Waals surface area contributed by atoms with Crippen LogP contribution in [0.4, 0.5) is 5.69 Å². The third kappa shape index (κ3) is 3.74. The highest BCUT2D eigenvalue weighted by Crippen LogP contribution is 2.30. The van der Waals surface area contributed by atoms with Crippen LogP contribution in [-0.4, -0.2) is 46.5 Å². The number of aromatic nitrogens is 2. The Balaban J connectivity index is 1.39. The van der Waals surface area contributed by atoms with E-state index in [0.717, 1.165) is 67.4 Å². The minimum Gasteiger partial charge on any atom is -0.368 e. The van der Waals surface area contributed by atoms with Crippen molar-refractivity contribution in [3.05, 3.63) is 55.9 Å². The summed E-state index contributed by atoms with van der Waals surface area (Å²) in [6, 6.07) is 7.81. The summed E-state index contributed by atoms with van der Waals surface area (Å²) in [7, 11) is 0. The first kappa shape index (κ1) is 20.5. The van der Waals surface area contributed by atoms with Gasteiger partial charge in [0.25, 0.3) is 11.5 Å². The second kappa shape index (κ2) is 8.28. The molecule has 31 heavy (non-hydrogen) atoms. The van der Waals surface area contributed by atoms with Gasteiger partial charge in [0.1, 0.15) is 10.7 Å². The van der Waals surface area contributed by atoms with Crippen molar-refractivity contribution in [1.29, 1.82) is 0 Å². The highest BCUT2D eigenvalue weighted by atomic mass is 35.5. The van der Waals surface area contributed by atoms with Gasteiger partial charge in [-0.05, 0) is 49.6 Å². The summed E-state index contributed by atoms with van der Waals surface area (Å²) >= 11 is 7.37. The number of benzene rings is 1. The van der Waals surface area contributed by atoms with Crippen LogP contribution in [0.15, 0.2) is 29.1 Å². The lowest BCUT2D eigenvalue weighted by Gasteiger charge is -2.36. The number of amides is 1. The van der Waals surface area contributed by atoms with E-state index in [2.05, 4.69) is 4.90 Å². The summed E-state index contributed by atoms with van der Waals surface area (Å²) in [5.41, 5.74) is 1.91. The first-order valence-electron chi connectivity index (χ1n) is 10.9. The van der Waals surface area contributed by atoms with Crippen molar-refractivity contribution >= 4 is 44.7 Å². The van der Waals surface area contributed by atoms with Crippen LogP contribution in [0, 0.1) is 6.92 Å². The van der Waals surface area contributed by atoms with Gasteiger partial charge in [0.2, 0.25) is 0 Å². The number of fused-ring (bicyclic) bond motifs is 2. The fraction of sp³-hybridized carbons (Fsp3) is 0.435. The Morgan fingerprint density at radius 1 is 1.03 bits per heavy atom. The van der Waals surface area contributed by atoms with Crippen molar-refractivity contribution in [1.82, 2.24) is 14.5 Å². The van der Waals surface area contributed by atoms with Gasteiger partial charge in [-0.3, -0.25) is 14.2 Å². The van der Waals surface area contributed by atoms with E-state index in [9.17, 15) is 9.59 Å². The number of halogens is 1. The van der Waals surface area contributed by atoms with Crippen LogP contribution < -0.4 is 10.5 Å². The van der Waals surface area contributed by atoms with Gasteiger partial charge in [-0.2, -0.15) is 0 Å². The molecule has 0 bridgehead atoms. The van der Waals surface area contributed by atoms with Gasteiger partial charge >= 0.3 is 0 Å². The highest BCUT2D eigenvalue weighted by molar-refractivity contribution is 7.20. The summed E-state index contributed by atoms with van der Waals surface area (Å²) in [6.45, 7) is 5.46. The largest absolute Gasteiger partial charge is 0.368 e. The van der Waals surface area contributed by atoms with Crippen LogP contribution in [0.2, 0.25) is 5.02 Å². The predicted octanol–water partition coefficient (Wildman–Crippen LogP) is 4.11. The molecule has 1 aromatic carbocycles. The molecule has 0 atom stereocenters. The Labute approximate surface area is 190 Å². The topological polar surface area (TPSA) is 58.4 Å². The lowest BCUT2D eigenvalue weighted by atomic mass is 10.1. The van der Waals surface area contributed by atoms with Crippen molar-refractivity contribution in [2.45, 2.75) is 39.2 Å². The molecule has 1 amide bonds. The summed E-state index contributed by atoms with van der Waals surface area (Å²) in [4.78, 5) is 36.8. The van der Waals surface area contributed by atoms with E-state index in [1.54, 1.807) is 0 Å². The van der Waals surface area contributed by atoms with Gasteiger partial charge in [-0.25, -0.2) is 4.98 Å². The molecule has 6 nitrogen and oxygen atoms in total. The maximum Gasteiger partial charge on any atom is 0.264 e. The highest BCUT2D eigenvalue weighted by Gasteiger charge is 2.27. The molecule has 0 saturated carbocycles. The molecule has 0 radical (unpaired) electrons. The van der Waals surface area contributed by atoms with Gasteiger partial charge in [0.15, 0.2) is 0 Å². The standard InChI is InChI=1S/C23H25ClN4O2S/c1-15-19-21(25-18-5-3-2-4-10-28(18)22(19)29)31-20(15)23(30)27-13-11-26(12-14-27)17-8-6-16(24)7-9-17/h6-9H,2-5,10-14H2,1H3. The van der Waals surface area contributed by atoms with Crippen LogP contribution >= 0.6 is 22.9 Å². The van der Waals surface area contributed by atoms with Gasteiger partial charge < -0.3 is 9.80 Å². The molecule has 0 unspecified atom stereocenters. The molecule has 4 heterocycles. The molecule has 1 saturated heterocycles. The maximum atomic E-state index is 13.3. The number of carbonyl (C=O) groups is 1. The van der Waals surface area contributed by atoms with Crippen LogP contribution in [0.5, 0.6) is 0 Å². The van der Waals surface area contributed by atoms with Crippen molar-refractivity contribution in [3.8, 4) is 0 Å². The third-order valence-corrected chi connectivity index (χ3v) is 7.79. The van der Waals surface area contributed by atoms with E-state index in [1.165, 1.54) is 11.3 Å². The minimum absolute atomic E-state index is 0.0100. The fourth-order valence-electron chi connectivity index (χ4n) is 4.58. The lowest BCUT2D eigenvalue weighted by molar-refractivity contribution is 0.0751. The number of hydrogen-bond donors (Lipinski definition) is 0. The van der Waals surface area contributed by atoms with Crippen molar-refractivity contribution < 1.29 is 4.79 Å². The van der Waals surface area contributed by atoms with Crippen molar-refractivity contribution in [2.24, 2.45) is 0 Å². The van der Waals surface area contributed by atoms with E-state index in [4.69, 9.17) is 16.6 Å². The van der Waals surface area contributed by atoms with Gasteiger partial charge in [0, 0.05) is 49.9 Å². The summed E-state index contributed by atoms with van der Waals surface area (Å²) < 4.78 is 1.83. The zero-order valence-electron chi connectivity index (χ0n) is 17.6. The van der Waals surface area contributed by atoms with E-state index in [1.807, 2.05) is 40.7 Å². The first-order chi connectivity index (χ1) is 15.0. The average molecular weight is 457 g/mol. The smallest absolute Gasteiger partial charge is 0.264 e. The van der Waals surface area contributed by atoms with Gasteiger partial charge in [-0.1, -0.05) is 18.0 Å². The number of carbonyl (C=O) groups excluding carboxylic acids is 1. The molecule has 1 fully saturated rings. The van der Waals surface area contributed by atoms with Gasteiger partial charge in [-0.15, -0.1) is 11.3 Å². The Morgan fingerprint density at radius 3 is 2.52 bits per heavy atom. The maximum absolute atomic E-state index is 13.3. The SMILES string of the molecule is Cc1c(C(=O)N2CCN(c3ccc(Cl)cc3)CC2)sc2nc3n(c(=O)c12)CCCCC3. The second-order valence-electron chi connectivity index (χ2n) is 8.29. The van der Waals surface area contributed by atoms with Gasteiger partial charge in [0.05, 0.1) is 10.3 Å². The quantitative estimate of drug-likeness (QED) is 0.582. The number of thiophene rings is 1. The Kier molecular flexibility index (Phi) is 5.48. The molecular formula is C23H25ClN4O2S. The molecule has 0 N–H and O–H groups in total. The molecule has 0 aliphatic carbocycles. The monoisotopic (exact) mass is 456 g/mol. The summed E-state index contributed by atoms with van der Waals surface area (Å²) in [6.07, 6.45) is 4.03. The number of aryl methyl sites for hydroxylation is 2. The number of hydrogen-bond acceptors (Lipinski definition) is 5. The zero-order valence-corrected chi connectivity index (χ0v) is 19.1. The van der Waals surface area contributed by atoms with E-state index in [-0.39, 0.29) is 11.5 Å². The van der Waals surface area contributed by atoms with E-state index < -0.39 is 0 Å². The van der Waals surface area contributed by atoms with Crippen LogP contribution in [0.1, 0.15) is 40.3 Å². The predicted molar refractivity (Wildman–Crippen MR) is 126 cm³/mol. The molecule has 3 aromatic rings. The molecule has 2 aromatic heterocycles. The molecule has 2 aliphatic heterocycles. The van der Waals surface area contributed by atoms with Crippen LogP contribution in [0.25, 0.3) is 10.2 Å². The van der Waals surface area contributed by atoms with Crippen LogP contribution in [-0.2, 0) is 13.0 Å². The van der Waals surface area contributed by atoms with E-state index in [0.29, 0.717) is 28.2 Å². The summed E-state index contributed by atoms with van der Waals surface area (Å²) in [5.74, 6) is 0.877. The molecule has 0 spiro atoms. The zero-order chi connectivity index (χ0) is 21.5. The Hall–Kier alpha value is -2.38. The molecule has 5 rings (SSSR count). The number of anilines is 1. The van der Waals surface area contributed by atoms with Crippen molar-refractivity contribution in [2.75, 3.05) is 31.1 Å². The lowest BCUT2D eigenvalue weighted by Crippen LogP contribution is -2.48. The summed E-state index contributed by atoms with van der Waals surface area (Å²) in [5, 5.41) is 1.35. The Morgan fingerprint density at radius 2 is 1.77 bits per heavy atom. The molecule has 2 aliphatic rings. The minimum atomic E-state index is 0.0100. The first-order valence-corrected chi connectivity index (χ1v) is 12.0. The average Bonchev–Trinajstić information content (AvgIpc) is 2.95. The number of piperazine rings is 1.